The second kappa shape index (κ2) is 11.2. The number of phosphoric acid groups is 1. The van der Waals surface area contributed by atoms with Gasteiger partial charge in [0.1, 0.15) is 30.5 Å². The Hall–Kier alpha value is -0.840. The van der Waals surface area contributed by atoms with E-state index in [0.29, 0.717) is 15.8 Å². The number of nitrogens with zero attached hydrogens (tertiary/aromatic N) is 2. The van der Waals surface area contributed by atoms with E-state index in [2.05, 4.69) is 14.3 Å². The van der Waals surface area contributed by atoms with E-state index < -0.39 is 93.8 Å². The van der Waals surface area contributed by atoms with Crippen molar-refractivity contribution in [2.75, 3.05) is 18.9 Å². The molecule has 8 unspecified atom stereocenters. The summed E-state index contributed by atoms with van der Waals surface area (Å²) in [6.07, 6.45) is -9.34. The van der Waals surface area contributed by atoms with Crippen molar-refractivity contribution < 1.29 is 67.8 Å². The van der Waals surface area contributed by atoms with Crippen LogP contribution in [-0.2, 0) is 39.2 Å². The molecular formula is C20H30N4O14P2S2. The van der Waals surface area contributed by atoms with Crippen LogP contribution in [0.1, 0.15) is 18.6 Å². The molecule has 2 saturated heterocycles. The third-order valence-electron chi connectivity index (χ3n) is 7.64. The molecule has 13 atom stereocenters. The second-order valence-electron chi connectivity index (χ2n) is 10.4. The number of aromatic nitrogens is 2. The molecule has 5 rings (SSSR count). The number of hydrogen-bond donors (Lipinski definition) is 10. The minimum absolute atomic E-state index is 0.250. The predicted octanol–water partition coefficient (Wildman–Crippen LogP) is -2.48. The number of anilines is 1. The first-order valence-corrected chi connectivity index (χ1v) is 17.2. The third-order valence-corrected chi connectivity index (χ3v) is 12.2. The fourth-order valence-corrected chi connectivity index (χ4v) is 9.61. The number of thiophene rings is 1. The molecule has 22 heteroatoms. The number of ether oxygens (including phenoxy) is 2. The van der Waals surface area contributed by atoms with Crippen molar-refractivity contribution in [1.82, 2.24) is 9.97 Å². The van der Waals surface area contributed by atoms with Gasteiger partial charge >= 0.3 is 14.5 Å². The first kappa shape index (κ1) is 32.6. The Labute approximate surface area is 246 Å². The van der Waals surface area contributed by atoms with E-state index >= 15 is 0 Å². The van der Waals surface area contributed by atoms with Crippen LogP contribution in [0.25, 0.3) is 10.2 Å². The maximum absolute atomic E-state index is 12.6. The number of fused-ring (bicyclic) bond motifs is 2. The lowest BCUT2D eigenvalue weighted by Gasteiger charge is -2.49. The topological polar surface area (TPSA) is 303 Å². The molecule has 0 spiro atoms. The van der Waals surface area contributed by atoms with Crippen molar-refractivity contribution in [2.24, 2.45) is 17.6 Å². The van der Waals surface area contributed by atoms with Gasteiger partial charge in [0, 0.05) is 5.56 Å². The van der Waals surface area contributed by atoms with Crippen LogP contribution >= 0.6 is 25.9 Å². The molecule has 18 nitrogen and oxygen atoms in total. The summed E-state index contributed by atoms with van der Waals surface area (Å²) >= 11 is 6.07. The van der Waals surface area contributed by atoms with E-state index in [1.54, 1.807) is 5.38 Å². The molecule has 1 saturated carbocycles. The number of aliphatic hydroxyl groups is 6. The molecule has 1 aliphatic carbocycles. The molecule has 3 aliphatic rings. The van der Waals surface area contributed by atoms with Crippen LogP contribution in [0.15, 0.2) is 11.7 Å². The minimum Gasteiger partial charge on any atom is -0.394 e. The molecule has 2 aliphatic heterocycles. The SMILES string of the molecule is C[C@@]1(N)[C@H](O)[C@@H](COP(O)(=S)OP(=O)(O)OC2OC3(O)C2C(O)C(O)C3[C@@H](O)CO)O[C@H]1c1csc2c(N)ncnc12. The highest BCUT2D eigenvalue weighted by atomic mass is 32.5. The molecule has 0 aromatic carbocycles. The Morgan fingerprint density at radius 2 is 1.95 bits per heavy atom. The van der Waals surface area contributed by atoms with Gasteiger partial charge in [-0.15, -0.1) is 11.3 Å². The van der Waals surface area contributed by atoms with Crippen LogP contribution in [0.2, 0.25) is 0 Å². The van der Waals surface area contributed by atoms with Crippen molar-refractivity contribution in [3.05, 3.63) is 17.3 Å². The van der Waals surface area contributed by atoms with Crippen LogP contribution in [0, 0.1) is 11.8 Å². The van der Waals surface area contributed by atoms with Gasteiger partial charge in [-0.3, -0.25) is 4.52 Å². The highest BCUT2D eigenvalue weighted by molar-refractivity contribution is 8.08. The van der Waals surface area contributed by atoms with Gasteiger partial charge < -0.3 is 65.9 Å². The minimum atomic E-state index is -5.32. The molecule has 236 valence electrons. The van der Waals surface area contributed by atoms with Gasteiger partial charge in [0.15, 0.2) is 12.1 Å². The summed E-state index contributed by atoms with van der Waals surface area (Å²) in [6.45, 7) is -4.58. The summed E-state index contributed by atoms with van der Waals surface area (Å²) in [5.41, 5.74) is 11.9. The number of hydrogen-bond acceptors (Lipinski definition) is 18. The molecule has 2 aromatic heterocycles. The van der Waals surface area contributed by atoms with Crippen molar-refractivity contribution in [3.63, 3.8) is 0 Å². The van der Waals surface area contributed by atoms with E-state index in [0.717, 1.165) is 0 Å². The van der Waals surface area contributed by atoms with Gasteiger partial charge in [-0.25, -0.2) is 18.8 Å². The fraction of sp³-hybridized carbons (Fsp3) is 0.700. The van der Waals surface area contributed by atoms with Crippen LogP contribution in [0.5, 0.6) is 0 Å². The zero-order valence-electron chi connectivity index (χ0n) is 21.6. The monoisotopic (exact) mass is 676 g/mol. The Kier molecular flexibility index (Phi) is 8.68. The van der Waals surface area contributed by atoms with E-state index in [1.807, 2.05) is 0 Å². The van der Waals surface area contributed by atoms with Crippen molar-refractivity contribution in [2.45, 2.75) is 61.2 Å². The van der Waals surface area contributed by atoms with E-state index in [4.69, 9.17) is 41.8 Å². The summed E-state index contributed by atoms with van der Waals surface area (Å²) in [7, 11) is -5.32. The summed E-state index contributed by atoms with van der Waals surface area (Å²) in [5, 5.41) is 62.7. The van der Waals surface area contributed by atoms with E-state index in [-0.39, 0.29) is 5.82 Å². The lowest BCUT2D eigenvalue weighted by Crippen LogP contribution is -2.64. The lowest BCUT2D eigenvalue weighted by atomic mass is 9.86. The average Bonchev–Trinajstić information content (AvgIpc) is 3.44. The molecule has 0 radical (unpaired) electrons. The van der Waals surface area contributed by atoms with Crippen LogP contribution in [0.4, 0.5) is 5.82 Å². The Morgan fingerprint density at radius 1 is 1.26 bits per heavy atom. The van der Waals surface area contributed by atoms with Crippen LogP contribution < -0.4 is 11.5 Å². The highest BCUT2D eigenvalue weighted by Gasteiger charge is 2.73. The number of aliphatic hydroxyl groups excluding tert-OH is 5. The first-order valence-electron chi connectivity index (χ1n) is 12.3. The molecule has 0 bridgehead atoms. The molecule has 0 amide bonds. The van der Waals surface area contributed by atoms with E-state index in [1.165, 1.54) is 24.6 Å². The molecular weight excluding hydrogens is 646 g/mol. The summed E-state index contributed by atoms with van der Waals surface area (Å²) < 4.78 is 38.8. The van der Waals surface area contributed by atoms with E-state index in [9.17, 15) is 45.0 Å². The van der Waals surface area contributed by atoms with Crippen LogP contribution in [-0.4, -0.2) is 112 Å². The first-order chi connectivity index (χ1) is 19.4. The Balaban J connectivity index is 1.22. The van der Waals surface area contributed by atoms with Gasteiger partial charge in [0.05, 0.1) is 59.1 Å². The molecule has 3 fully saturated rings. The summed E-state index contributed by atoms with van der Waals surface area (Å²) in [6, 6.07) is 0. The quantitative estimate of drug-likeness (QED) is 0.117. The summed E-state index contributed by atoms with van der Waals surface area (Å²) in [4.78, 5) is 28.8. The molecule has 12 N–H and O–H groups in total. The summed E-state index contributed by atoms with van der Waals surface area (Å²) in [5.74, 6) is -5.27. The Morgan fingerprint density at radius 3 is 2.62 bits per heavy atom. The fourth-order valence-electron chi connectivity index (χ4n) is 5.58. The Bertz CT molecular complexity index is 1440. The largest absolute Gasteiger partial charge is 0.481 e. The van der Waals surface area contributed by atoms with Gasteiger partial charge in [0.25, 0.3) is 0 Å². The predicted molar refractivity (Wildman–Crippen MR) is 144 cm³/mol. The third kappa shape index (κ3) is 5.46. The van der Waals surface area contributed by atoms with Crippen molar-refractivity contribution in [3.8, 4) is 0 Å². The zero-order valence-corrected chi connectivity index (χ0v) is 25.0. The normalized spacial score (nSPS) is 41.7. The zero-order chi connectivity index (χ0) is 31.0. The average molecular weight is 677 g/mol. The standard InChI is InChI=1S/C20H30N4O14P2S2/c1-19(22)15(29)8(35-16(19)6-4-42-14-11(6)23-5-24-17(14)21)3-34-40(33,41)38-39(31,32)37-18-10-13(28)12(27)9(7(26)2-25)20(10,30)36-18/h4-5,7-10,12-13,15-16,18,25-30H,2-3,22H2,1H3,(H,31,32)(H,33,41)(H2,21,23,24)/t7-,8+,9?,10?,12?,13?,15+,16-,18?,19+,20?,40?/m0/s1. The number of phosphoric ester groups is 1. The molecule has 42 heavy (non-hydrogen) atoms. The maximum Gasteiger partial charge on any atom is 0.481 e. The second-order valence-corrected chi connectivity index (χ2v) is 15.7. The molecule has 2 aromatic rings. The van der Waals surface area contributed by atoms with Crippen molar-refractivity contribution >= 4 is 53.7 Å². The number of rotatable bonds is 10. The van der Waals surface area contributed by atoms with Gasteiger partial charge in [-0.2, -0.15) is 0 Å². The van der Waals surface area contributed by atoms with Crippen molar-refractivity contribution in [1.29, 1.82) is 0 Å². The highest BCUT2D eigenvalue weighted by Crippen LogP contribution is 2.65. The smallest absolute Gasteiger partial charge is 0.394 e. The number of nitrogen functional groups attached to an aromatic ring is 1. The maximum atomic E-state index is 12.6. The number of nitrogens with two attached hydrogens (primary N) is 2. The lowest BCUT2D eigenvalue weighted by molar-refractivity contribution is -0.427. The van der Waals surface area contributed by atoms with Crippen LogP contribution in [0.3, 0.4) is 0 Å². The van der Waals surface area contributed by atoms with Gasteiger partial charge in [0.2, 0.25) is 0 Å². The van der Waals surface area contributed by atoms with Gasteiger partial charge in [-0.05, 0) is 24.1 Å². The van der Waals surface area contributed by atoms with Gasteiger partial charge in [-0.1, -0.05) is 0 Å². The molecule has 4 heterocycles.